The van der Waals surface area contributed by atoms with E-state index in [9.17, 15) is 8.78 Å². The van der Waals surface area contributed by atoms with E-state index in [4.69, 9.17) is 16.6 Å². The molecule has 0 atom stereocenters. The number of aromatic amines is 1. The molecule has 0 radical (unpaired) electrons. The van der Waals surface area contributed by atoms with Crippen LogP contribution in [0.25, 0.3) is 33.5 Å². The second-order valence-electron chi connectivity index (χ2n) is 8.34. The van der Waals surface area contributed by atoms with E-state index in [2.05, 4.69) is 30.3 Å². The van der Waals surface area contributed by atoms with Crippen molar-refractivity contribution >= 4 is 28.3 Å². The molecule has 1 aromatic carbocycles. The highest BCUT2D eigenvalue weighted by molar-refractivity contribution is 6.31. The molecule has 1 aliphatic rings. The van der Waals surface area contributed by atoms with Gasteiger partial charge < -0.3 is 10.2 Å². The number of piperazine rings is 1. The number of aromatic nitrogens is 4. The Balaban J connectivity index is 1.43. The summed E-state index contributed by atoms with van der Waals surface area (Å²) in [6.07, 6.45) is 3.48. The van der Waals surface area contributed by atoms with Crippen LogP contribution in [0.4, 0.5) is 14.5 Å². The first kappa shape index (κ1) is 22.6. The molecule has 0 amide bonds. The third-order valence-electron chi connectivity index (χ3n) is 6.11. The zero-order valence-corrected chi connectivity index (χ0v) is 19.4. The maximum Gasteiger partial charge on any atom is 0.144 e. The van der Waals surface area contributed by atoms with Crippen LogP contribution in [-0.4, -0.2) is 71.4 Å². The quantitative estimate of drug-likeness (QED) is 0.404. The van der Waals surface area contributed by atoms with E-state index in [1.807, 2.05) is 25.4 Å². The van der Waals surface area contributed by atoms with Crippen molar-refractivity contribution in [1.82, 2.24) is 30.4 Å². The van der Waals surface area contributed by atoms with Crippen LogP contribution in [0.2, 0.25) is 5.02 Å². The van der Waals surface area contributed by atoms with Crippen molar-refractivity contribution in [2.24, 2.45) is 0 Å². The number of hydrogen-bond acceptors (Lipinski definition) is 6. The molecule has 0 saturated carbocycles. The molecule has 2 N–H and O–H groups in total. The predicted octanol–water partition coefficient (Wildman–Crippen LogP) is 3.96. The van der Waals surface area contributed by atoms with E-state index >= 15 is 0 Å². The lowest BCUT2D eigenvalue weighted by Crippen LogP contribution is -2.46. The number of hydrogen-bond donors (Lipinski definition) is 2. The number of nitrogens with one attached hydrogen (secondary N) is 2. The molecule has 1 saturated heterocycles. The van der Waals surface area contributed by atoms with Crippen LogP contribution >= 0.6 is 11.6 Å². The molecule has 0 bridgehead atoms. The minimum atomic E-state index is -0.816. The summed E-state index contributed by atoms with van der Waals surface area (Å²) in [5.41, 5.74) is 4.03. The van der Waals surface area contributed by atoms with Crippen LogP contribution in [0.3, 0.4) is 0 Å². The Morgan fingerprint density at radius 3 is 2.71 bits per heavy atom. The summed E-state index contributed by atoms with van der Waals surface area (Å²) in [5.74, 6) is -1.56. The average Bonchev–Trinajstić information content (AvgIpc) is 3.34. The Morgan fingerprint density at radius 1 is 1.06 bits per heavy atom. The first-order valence-corrected chi connectivity index (χ1v) is 11.5. The zero-order valence-electron chi connectivity index (χ0n) is 18.7. The summed E-state index contributed by atoms with van der Waals surface area (Å²) >= 11 is 5.89. The van der Waals surface area contributed by atoms with Gasteiger partial charge in [-0.2, -0.15) is 5.10 Å². The van der Waals surface area contributed by atoms with Crippen LogP contribution < -0.4 is 10.2 Å². The summed E-state index contributed by atoms with van der Waals surface area (Å²) in [6.45, 7) is 6.02. The molecule has 10 heteroatoms. The number of fused-ring (bicyclic) bond motifs is 1. The summed E-state index contributed by atoms with van der Waals surface area (Å²) in [4.78, 5) is 13.9. The van der Waals surface area contributed by atoms with E-state index in [1.54, 1.807) is 12.3 Å². The lowest BCUT2D eigenvalue weighted by atomic mass is 10.0. The van der Waals surface area contributed by atoms with Crippen molar-refractivity contribution in [3.05, 3.63) is 59.4 Å². The van der Waals surface area contributed by atoms with Crippen molar-refractivity contribution in [1.29, 1.82) is 0 Å². The second-order valence-corrected chi connectivity index (χ2v) is 8.74. The third-order valence-corrected chi connectivity index (χ3v) is 6.40. The Morgan fingerprint density at radius 2 is 1.88 bits per heavy atom. The Hall–Kier alpha value is -3.14. The molecule has 4 heterocycles. The lowest BCUT2D eigenvalue weighted by molar-refractivity contribution is 0.246. The zero-order chi connectivity index (χ0) is 23.7. The van der Waals surface area contributed by atoms with Crippen LogP contribution in [0.1, 0.15) is 0 Å². The molecule has 5 rings (SSSR count). The molecule has 4 aromatic rings. The van der Waals surface area contributed by atoms with E-state index in [0.717, 1.165) is 56.5 Å². The maximum absolute atomic E-state index is 14.5. The monoisotopic (exact) mass is 483 g/mol. The van der Waals surface area contributed by atoms with Gasteiger partial charge in [-0.3, -0.25) is 15.0 Å². The average molecular weight is 484 g/mol. The SMILES string of the molecule is CN(CCN1CCNCC1)c1cnc2ccc(-c3c[nH]nc3-c3cc(Cl)c(F)cc3F)nc2c1. The minimum Gasteiger partial charge on any atom is -0.372 e. The van der Waals surface area contributed by atoms with Gasteiger partial charge in [-0.15, -0.1) is 0 Å². The standard InChI is InChI=1S/C24H24ClF2N7/c1-33(8-9-34-6-4-28-5-7-34)15-10-23-22(29-13-15)3-2-21(31-23)17-14-30-32-24(17)16-11-18(25)20(27)12-19(16)26/h2-3,10-14,28H,4-9H2,1H3,(H,30,32). The number of anilines is 1. The molecular weight excluding hydrogens is 460 g/mol. The summed E-state index contributed by atoms with van der Waals surface area (Å²) in [5, 5.41) is 10.1. The van der Waals surface area contributed by atoms with Crippen molar-refractivity contribution in [3.63, 3.8) is 0 Å². The molecular formula is C24H24ClF2N7. The first-order valence-electron chi connectivity index (χ1n) is 11.1. The third kappa shape index (κ3) is 4.59. The molecule has 7 nitrogen and oxygen atoms in total. The fourth-order valence-corrected chi connectivity index (χ4v) is 4.27. The molecule has 0 unspecified atom stereocenters. The smallest absolute Gasteiger partial charge is 0.144 e. The summed E-state index contributed by atoms with van der Waals surface area (Å²) in [7, 11) is 2.05. The predicted molar refractivity (Wildman–Crippen MR) is 130 cm³/mol. The topological polar surface area (TPSA) is 73.0 Å². The van der Waals surface area contributed by atoms with Gasteiger partial charge in [-0.1, -0.05) is 11.6 Å². The van der Waals surface area contributed by atoms with Crippen LogP contribution in [-0.2, 0) is 0 Å². The van der Waals surface area contributed by atoms with Crippen LogP contribution in [0, 0.1) is 11.6 Å². The van der Waals surface area contributed by atoms with Gasteiger partial charge in [0.25, 0.3) is 0 Å². The van der Waals surface area contributed by atoms with Gasteiger partial charge in [-0.05, 0) is 24.3 Å². The fraction of sp³-hybridized carbons (Fsp3) is 0.292. The number of likely N-dealkylation sites (N-methyl/N-ethyl adjacent to an activating group) is 1. The first-order chi connectivity index (χ1) is 16.5. The van der Waals surface area contributed by atoms with Crippen LogP contribution in [0.15, 0.2) is 42.7 Å². The second kappa shape index (κ2) is 9.61. The van der Waals surface area contributed by atoms with Gasteiger partial charge in [0.2, 0.25) is 0 Å². The Bertz CT molecular complexity index is 1320. The van der Waals surface area contributed by atoms with Gasteiger partial charge in [0.05, 0.1) is 33.6 Å². The highest BCUT2D eigenvalue weighted by atomic mass is 35.5. The van der Waals surface area contributed by atoms with Gasteiger partial charge >= 0.3 is 0 Å². The highest BCUT2D eigenvalue weighted by Gasteiger charge is 2.18. The summed E-state index contributed by atoms with van der Waals surface area (Å²) < 4.78 is 28.1. The molecule has 176 valence electrons. The maximum atomic E-state index is 14.5. The highest BCUT2D eigenvalue weighted by Crippen LogP contribution is 2.34. The number of rotatable bonds is 6. The van der Waals surface area contributed by atoms with E-state index < -0.39 is 11.6 Å². The largest absolute Gasteiger partial charge is 0.372 e. The van der Waals surface area contributed by atoms with Crippen molar-refractivity contribution in [2.75, 3.05) is 51.2 Å². The Labute approximate surface area is 200 Å². The molecule has 0 aliphatic carbocycles. The minimum absolute atomic E-state index is 0.101. The van der Waals surface area contributed by atoms with Gasteiger partial charge in [-0.25, -0.2) is 13.8 Å². The Kier molecular flexibility index (Phi) is 6.40. The molecule has 1 aliphatic heterocycles. The fourth-order valence-electron chi connectivity index (χ4n) is 4.10. The number of benzene rings is 1. The van der Waals surface area contributed by atoms with Gasteiger partial charge in [0.1, 0.15) is 17.3 Å². The molecule has 1 fully saturated rings. The molecule has 3 aromatic heterocycles. The van der Waals surface area contributed by atoms with E-state index in [1.165, 1.54) is 6.07 Å². The number of nitrogens with zero attached hydrogens (tertiary/aromatic N) is 5. The molecule has 0 spiro atoms. The molecule has 34 heavy (non-hydrogen) atoms. The number of halogens is 3. The van der Waals surface area contributed by atoms with Crippen LogP contribution in [0.5, 0.6) is 0 Å². The normalized spacial score (nSPS) is 14.6. The van der Waals surface area contributed by atoms with Crippen molar-refractivity contribution in [3.8, 4) is 22.5 Å². The van der Waals surface area contributed by atoms with Crippen molar-refractivity contribution < 1.29 is 8.78 Å². The lowest BCUT2D eigenvalue weighted by Gasteiger charge is -2.29. The number of H-pyrrole nitrogens is 1. The van der Waals surface area contributed by atoms with E-state index in [0.29, 0.717) is 22.5 Å². The van der Waals surface area contributed by atoms with E-state index in [-0.39, 0.29) is 10.6 Å². The van der Waals surface area contributed by atoms with Gasteiger partial charge in [0, 0.05) is 69.7 Å². The number of pyridine rings is 2. The van der Waals surface area contributed by atoms with Crippen molar-refractivity contribution in [2.45, 2.75) is 0 Å². The van der Waals surface area contributed by atoms with Gasteiger partial charge in [0.15, 0.2) is 0 Å². The summed E-state index contributed by atoms with van der Waals surface area (Å²) in [6, 6.07) is 7.67.